The molecule has 2 heterocycles. The molecule has 1 atom stereocenters. The number of aliphatic imine (C=N–C) groups is 1. The van der Waals surface area contributed by atoms with Crippen molar-refractivity contribution in [2.45, 2.75) is 32.9 Å². The first-order chi connectivity index (χ1) is 16.3. The molecule has 1 N–H and O–H groups in total. The quantitative estimate of drug-likeness (QED) is 0.508. The SMILES string of the molecule is CC(C)CC(=O)N(CC1CN=CN1Cc1ccc(C#N)cc1)c1ccc2sc(C(=O)O)cc2c1. The van der Waals surface area contributed by atoms with Crippen molar-refractivity contribution in [2.75, 3.05) is 18.0 Å². The summed E-state index contributed by atoms with van der Waals surface area (Å²) >= 11 is 1.23. The van der Waals surface area contributed by atoms with Gasteiger partial charge < -0.3 is 14.9 Å². The van der Waals surface area contributed by atoms with Crippen LogP contribution in [0.5, 0.6) is 0 Å². The number of rotatable bonds is 8. The minimum Gasteiger partial charge on any atom is -0.477 e. The summed E-state index contributed by atoms with van der Waals surface area (Å²) in [5, 5.41) is 19.2. The highest BCUT2D eigenvalue weighted by Gasteiger charge is 2.27. The molecule has 34 heavy (non-hydrogen) atoms. The first kappa shape index (κ1) is 23.5. The van der Waals surface area contributed by atoms with Gasteiger partial charge in [0, 0.05) is 29.9 Å². The van der Waals surface area contributed by atoms with Gasteiger partial charge in [-0.3, -0.25) is 9.79 Å². The van der Waals surface area contributed by atoms with E-state index < -0.39 is 5.97 Å². The second-order valence-corrected chi connectivity index (χ2v) is 9.94. The van der Waals surface area contributed by atoms with Crippen molar-refractivity contribution in [3.05, 3.63) is 64.5 Å². The number of nitrogens with zero attached hydrogens (tertiary/aromatic N) is 4. The molecule has 0 radical (unpaired) electrons. The lowest BCUT2D eigenvalue weighted by Gasteiger charge is -2.31. The van der Waals surface area contributed by atoms with E-state index >= 15 is 0 Å². The number of carboxylic acid groups (broad SMARTS) is 1. The Morgan fingerprint density at radius 2 is 2.00 bits per heavy atom. The van der Waals surface area contributed by atoms with E-state index in [0.29, 0.717) is 31.6 Å². The molecule has 0 saturated heterocycles. The van der Waals surface area contributed by atoms with Gasteiger partial charge in [0.25, 0.3) is 0 Å². The van der Waals surface area contributed by atoms with E-state index in [1.165, 1.54) is 11.3 Å². The molecule has 1 amide bonds. The van der Waals surface area contributed by atoms with Gasteiger partial charge in [-0.15, -0.1) is 11.3 Å². The first-order valence-electron chi connectivity index (χ1n) is 11.2. The second kappa shape index (κ2) is 10.1. The largest absolute Gasteiger partial charge is 0.477 e. The molecular weight excluding hydrogens is 448 g/mol. The molecule has 174 valence electrons. The smallest absolute Gasteiger partial charge is 0.345 e. The third kappa shape index (κ3) is 5.26. The van der Waals surface area contributed by atoms with Crippen LogP contribution in [0.2, 0.25) is 0 Å². The Hall–Kier alpha value is -3.70. The fourth-order valence-corrected chi connectivity index (χ4v) is 4.91. The van der Waals surface area contributed by atoms with Crippen molar-refractivity contribution in [1.82, 2.24) is 4.90 Å². The number of carboxylic acids is 1. The predicted molar refractivity (Wildman–Crippen MR) is 134 cm³/mol. The van der Waals surface area contributed by atoms with Crippen molar-refractivity contribution >= 4 is 45.3 Å². The lowest BCUT2D eigenvalue weighted by molar-refractivity contribution is -0.119. The number of carbonyl (C=O) groups is 2. The first-order valence-corrected chi connectivity index (χ1v) is 12.0. The Morgan fingerprint density at radius 1 is 1.24 bits per heavy atom. The number of carbonyl (C=O) groups excluding carboxylic acids is 1. The van der Waals surface area contributed by atoms with Crippen molar-refractivity contribution in [3.63, 3.8) is 0 Å². The number of benzene rings is 2. The summed E-state index contributed by atoms with van der Waals surface area (Å²) in [6, 6.07) is 17.0. The van der Waals surface area contributed by atoms with Crippen LogP contribution in [0.1, 0.15) is 41.1 Å². The fraction of sp³-hybridized carbons (Fsp3) is 0.308. The normalized spacial score (nSPS) is 15.1. The molecular formula is C26H26N4O3S. The minimum absolute atomic E-state index is 0.0134. The third-order valence-electron chi connectivity index (χ3n) is 5.76. The molecule has 1 aliphatic heterocycles. The van der Waals surface area contributed by atoms with Gasteiger partial charge in [-0.25, -0.2) is 4.79 Å². The second-order valence-electron chi connectivity index (χ2n) is 8.86. The van der Waals surface area contributed by atoms with E-state index in [4.69, 9.17) is 5.26 Å². The standard InChI is InChI=1S/C26H26N4O3S/c1-17(2)9-25(31)30(21-7-8-23-20(10-21)11-24(34-23)26(32)33)15-22-13-28-16-29(22)14-19-5-3-18(12-27)4-6-19/h3-8,10-11,16-17,22H,9,13-15H2,1-2H3,(H,32,33). The Labute approximate surface area is 202 Å². The maximum Gasteiger partial charge on any atom is 0.345 e. The summed E-state index contributed by atoms with van der Waals surface area (Å²) in [6.45, 7) is 5.74. The molecule has 3 aromatic rings. The van der Waals surface area contributed by atoms with Crippen molar-refractivity contribution < 1.29 is 14.7 Å². The number of anilines is 1. The number of aromatic carboxylic acids is 1. The Morgan fingerprint density at radius 3 is 2.68 bits per heavy atom. The van der Waals surface area contributed by atoms with Gasteiger partial charge in [-0.2, -0.15) is 5.26 Å². The molecule has 0 spiro atoms. The highest BCUT2D eigenvalue weighted by molar-refractivity contribution is 7.20. The highest BCUT2D eigenvalue weighted by Crippen LogP contribution is 2.30. The summed E-state index contributed by atoms with van der Waals surface area (Å²) in [5.74, 6) is -0.696. The molecule has 0 fully saturated rings. The van der Waals surface area contributed by atoms with Gasteiger partial charge in [0.15, 0.2) is 0 Å². The molecule has 8 heteroatoms. The van der Waals surface area contributed by atoms with Crippen LogP contribution in [0.25, 0.3) is 10.1 Å². The van der Waals surface area contributed by atoms with Crippen molar-refractivity contribution in [2.24, 2.45) is 10.9 Å². The molecule has 4 rings (SSSR count). The molecule has 2 aromatic carbocycles. The molecule has 1 aliphatic rings. The number of hydrogen-bond acceptors (Lipinski definition) is 6. The molecule has 0 aliphatic carbocycles. The zero-order valence-corrected chi connectivity index (χ0v) is 20.0. The van der Waals surface area contributed by atoms with Gasteiger partial charge in [0.1, 0.15) is 4.88 Å². The fourth-order valence-electron chi connectivity index (χ4n) is 4.03. The van der Waals surface area contributed by atoms with Crippen molar-refractivity contribution in [3.8, 4) is 6.07 Å². The van der Waals surface area contributed by atoms with Crippen LogP contribution >= 0.6 is 11.3 Å². The number of fused-ring (bicyclic) bond motifs is 1. The Bertz CT molecular complexity index is 1270. The van der Waals surface area contributed by atoms with Crippen LogP contribution in [-0.2, 0) is 11.3 Å². The average molecular weight is 475 g/mol. The third-order valence-corrected chi connectivity index (χ3v) is 6.87. The Kier molecular flexibility index (Phi) is 6.94. The van der Waals surface area contributed by atoms with Crippen LogP contribution in [0.15, 0.2) is 53.5 Å². The monoisotopic (exact) mass is 474 g/mol. The maximum atomic E-state index is 13.3. The van der Waals surface area contributed by atoms with E-state index in [1.807, 2.05) is 55.4 Å². The van der Waals surface area contributed by atoms with E-state index in [9.17, 15) is 14.7 Å². The molecule has 1 unspecified atom stereocenters. The van der Waals surface area contributed by atoms with E-state index in [2.05, 4.69) is 16.0 Å². The van der Waals surface area contributed by atoms with E-state index in [0.717, 1.165) is 21.3 Å². The number of thiophene rings is 1. The van der Waals surface area contributed by atoms with E-state index in [1.54, 1.807) is 18.2 Å². The zero-order chi connectivity index (χ0) is 24.2. The summed E-state index contributed by atoms with van der Waals surface area (Å²) < 4.78 is 0.879. The maximum absolute atomic E-state index is 13.3. The highest BCUT2D eigenvalue weighted by atomic mass is 32.1. The Balaban J connectivity index is 1.58. The average Bonchev–Trinajstić information content (AvgIpc) is 3.43. The van der Waals surface area contributed by atoms with Crippen LogP contribution < -0.4 is 4.90 Å². The number of hydrogen-bond donors (Lipinski definition) is 1. The van der Waals surface area contributed by atoms with Gasteiger partial charge in [-0.1, -0.05) is 26.0 Å². The number of amides is 1. The molecule has 0 saturated carbocycles. The van der Waals surface area contributed by atoms with Crippen LogP contribution in [0.4, 0.5) is 5.69 Å². The summed E-state index contributed by atoms with van der Waals surface area (Å²) in [7, 11) is 0. The van der Waals surface area contributed by atoms with Crippen LogP contribution in [0.3, 0.4) is 0 Å². The van der Waals surface area contributed by atoms with E-state index in [-0.39, 0.29) is 22.7 Å². The molecule has 0 bridgehead atoms. The summed E-state index contributed by atoms with van der Waals surface area (Å²) in [6.07, 6.45) is 2.25. The zero-order valence-electron chi connectivity index (χ0n) is 19.1. The van der Waals surface area contributed by atoms with Gasteiger partial charge >= 0.3 is 5.97 Å². The van der Waals surface area contributed by atoms with Crippen molar-refractivity contribution in [1.29, 1.82) is 5.26 Å². The topological polar surface area (TPSA) is 97.0 Å². The predicted octanol–water partition coefficient (Wildman–Crippen LogP) is 4.76. The molecule has 1 aromatic heterocycles. The lowest BCUT2D eigenvalue weighted by atomic mass is 10.1. The lowest BCUT2D eigenvalue weighted by Crippen LogP contribution is -2.45. The molecule has 7 nitrogen and oxygen atoms in total. The van der Waals surface area contributed by atoms with Gasteiger partial charge in [0.05, 0.1) is 30.6 Å². The van der Waals surface area contributed by atoms with Gasteiger partial charge in [0.2, 0.25) is 5.91 Å². The summed E-state index contributed by atoms with van der Waals surface area (Å²) in [5.41, 5.74) is 2.45. The number of nitriles is 1. The van der Waals surface area contributed by atoms with Crippen LogP contribution in [-0.4, -0.2) is 47.4 Å². The minimum atomic E-state index is -0.947. The van der Waals surface area contributed by atoms with Gasteiger partial charge in [-0.05, 0) is 53.3 Å². The van der Waals surface area contributed by atoms with Crippen LogP contribution in [0, 0.1) is 17.2 Å². The summed E-state index contributed by atoms with van der Waals surface area (Å²) in [4.78, 5) is 33.3.